The van der Waals surface area contributed by atoms with Crippen molar-refractivity contribution in [2.75, 3.05) is 6.54 Å². The van der Waals surface area contributed by atoms with Crippen LogP contribution in [0.25, 0.3) is 0 Å². The van der Waals surface area contributed by atoms with Crippen molar-refractivity contribution in [1.82, 2.24) is 5.32 Å². The van der Waals surface area contributed by atoms with Crippen LogP contribution in [0.1, 0.15) is 63.6 Å². The average Bonchev–Trinajstić information content (AvgIpc) is 2.84. The fraction of sp³-hybridized carbons (Fsp3) is 0.667. The standard InChI is InChI=1S/C18H29NO/c1-14(2)12-16-6-8-17(9-7-16)15(3)19-13-18(20)10-4-5-11-18/h6-9,14-15,19-20H,4-5,10-13H2,1-3H3. The molecule has 1 saturated carbocycles. The third-order valence-electron chi connectivity index (χ3n) is 4.40. The van der Waals surface area contributed by atoms with Gasteiger partial charge in [0.05, 0.1) is 5.60 Å². The molecule has 0 spiro atoms. The summed E-state index contributed by atoms with van der Waals surface area (Å²) in [5.74, 6) is 0.702. The summed E-state index contributed by atoms with van der Waals surface area (Å²) < 4.78 is 0. The maximum absolute atomic E-state index is 10.4. The second kappa shape index (κ2) is 6.73. The number of benzene rings is 1. The summed E-state index contributed by atoms with van der Waals surface area (Å²) >= 11 is 0. The van der Waals surface area contributed by atoms with Crippen molar-refractivity contribution in [3.63, 3.8) is 0 Å². The summed E-state index contributed by atoms with van der Waals surface area (Å²) in [5, 5.41) is 13.9. The first-order valence-electron chi connectivity index (χ1n) is 8.03. The first-order valence-corrected chi connectivity index (χ1v) is 8.03. The van der Waals surface area contributed by atoms with Gasteiger partial charge in [-0.05, 0) is 43.2 Å². The summed E-state index contributed by atoms with van der Waals surface area (Å²) in [6, 6.07) is 9.20. The predicted octanol–water partition coefficient (Wildman–Crippen LogP) is 3.84. The molecule has 0 amide bonds. The van der Waals surface area contributed by atoms with E-state index >= 15 is 0 Å². The smallest absolute Gasteiger partial charge is 0.0771 e. The van der Waals surface area contributed by atoms with Gasteiger partial charge in [0.25, 0.3) is 0 Å². The Morgan fingerprint density at radius 1 is 1.10 bits per heavy atom. The molecule has 2 nitrogen and oxygen atoms in total. The third kappa shape index (κ3) is 4.32. The zero-order chi connectivity index (χ0) is 14.6. The van der Waals surface area contributed by atoms with Gasteiger partial charge in [-0.15, -0.1) is 0 Å². The summed E-state index contributed by atoms with van der Waals surface area (Å²) in [6.45, 7) is 7.39. The largest absolute Gasteiger partial charge is 0.389 e. The Morgan fingerprint density at radius 2 is 1.70 bits per heavy atom. The predicted molar refractivity (Wildman–Crippen MR) is 84.8 cm³/mol. The second-order valence-electron chi connectivity index (χ2n) is 6.87. The van der Waals surface area contributed by atoms with Crippen LogP contribution in [0, 0.1) is 5.92 Å². The van der Waals surface area contributed by atoms with Crippen LogP contribution in [0.4, 0.5) is 0 Å². The number of hydrogen-bond acceptors (Lipinski definition) is 2. The molecule has 1 aromatic carbocycles. The molecule has 1 fully saturated rings. The topological polar surface area (TPSA) is 32.3 Å². The van der Waals surface area contributed by atoms with Crippen molar-refractivity contribution >= 4 is 0 Å². The van der Waals surface area contributed by atoms with E-state index in [0.29, 0.717) is 18.5 Å². The molecule has 20 heavy (non-hydrogen) atoms. The Labute approximate surface area is 123 Å². The fourth-order valence-corrected chi connectivity index (χ4v) is 3.08. The van der Waals surface area contributed by atoms with E-state index in [0.717, 1.165) is 32.1 Å². The summed E-state index contributed by atoms with van der Waals surface area (Å²) in [6.07, 6.45) is 5.36. The number of nitrogens with one attached hydrogen (secondary N) is 1. The summed E-state index contributed by atoms with van der Waals surface area (Å²) in [4.78, 5) is 0. The van der Waals surface area contributed by atoms with E-state index in [1.54, 1.807) is 0 Å². The van der Waals surface area contributed by atoms with Crippen LogP contribution >= 0.6 is 0 Å². The first-order chi connectivity index (χ1) is 9.48. The first kappa shape index (κ1) is 15.5. The van der Waals surface area contributed by atoms with Gasteiger partial charge in [-0.25, -0.2) is 0 Å². The van der Waals surface area contributed by atoms with Crippen LogP contribution in [0.2, 0.25) is 0 Å². The Morgan fingerprint density at radius 3 is 2.25 bits per heavy atom. The minimum atomic E-state index is -0.466. The number of aliphatic hydroxyl groups is 1. The van der Waals surface area contributed by atoms with Gasteiger partial charge in [-0.2, -0.15) is 0 Å². The zero-order valence-electron chi connectivity index (χ0n) is 13.2. The van der Waals surface area contributed by atoms with Gasteiger partial charge in [0.1, 0.15) is 0 Å². The van der Waals surface area contributed by atoms with Crippen LogP contribution in [0.15, 0.2) is 24.3 Å². The average molecular weight is 275 g/mol. The molecule has 112 valence electrons. The molecule has 1 aliphatic rings. The number of rotatable bonds is 6. The molecule has 0 radical (unpaired) electrons. The lowest BCUT2D eigenvalue weighted by Crippen LogP contribution is -2.39. The van der Waals surface area contributed by atoms with Crippen molar-refractivity contribution in [3.8, 4) is 0 Å². The van der Waals surface area contributed by atoms with Crippen LogP contribution in [-0.2, 0) is 6.42 Å². The minimum Gasteiger partial charge on any atom is -0.389 e. The monoisotopic (exact) mass is 275 g/mol. The number of hydrogen-bond donors (Lipinski definition) is 2. The fourth-order valence-electron chi connectivity index (χ4n) is 3.08. The zero-order valence-corrected chi connectivity index (χ0v) is 13.2. The van der Waals surface area contributed by atoms with Crippen LogP contribution in [-0.4, -0.2) is 17.3 Å². The van der Waals surface area contributed by atoms with E-state index in [-0.39, 0.29) is 0 Å². The van der Waals surface area contributed by atoms with E-state index in [9.17, 15) is 5.11 Å². The molecule has 2 heteroatoms. The van der Waals surface area contributed by atoms with E-state index in [4.69, 9.17) is 0 Å². The maximum atomic E-state index is 10.4. The molecule has 0 saturated heterocycles. The third-order valence-corrected chi connectivity index (χ3v) is 4.40. The quantitative estimate of drug-likeness (QED) is 0.826. The Kier molecular flexibility index (Phi) is 5.22. The molecule has 0 heterocycles. The molecular weight excluding hydrogens is 246 g/mol. The second-order valence-corrected chi connectivity index (χ2v) is 6.87. The Balaban J connectivity index is 1.87. The summed E-state index contributed by atoms with van der Waals surface area (Å²) in [5.41, 5.74) is 2.25. The minimum absolute atomic E-state index is 0.299. The molecule has 2 rings (SSSR count). The highest BCUT2D eigenvalue weighted by atomic mass is 16.3. The molecule has 1 unspecified atom stereocenters. The lowest BCUT2D eigenvalue weighted by atomic mass is 9.98. The molecule has 2 N–H and O–H groups in total. The van der Waals surface area contributed by atoms with Crippen molar-refractivity contribution in [2.24, 2.45) is 5.92 Å². The van der Waals surface area contributed by atoms with Gasteiger partial charge in [0.15, 0.2) is 0 Å². The highest BCUT2D eigenvalue weighted by Crippen LogP contribution is 2.29. The lowest BCUT2D eigenvalue weighted by molar-refractivity contribution is 0.0453. The van der Waals surface area contributed by atoms with Crippen molar-refractivity contribution in [3.05, 3.63) is 35.4 Å². The molecular formula is C18H29NO. The van der Waals surface area contributed by atoms with Gasteiger partial charge in [0, 0.05) is 12.6 Å². The van der Waals surface area contributed by atoms with Crippen molar-refractivity contribution < 1.29 is 5.11 Å². The molecule has 0 aromatic heterocycles. The van der Waals surface area contributed by atoms with Crippen molar-refractivity contribution in [1.29, 1.82) is 0 Å². The Bertz CT molecular complexity index is 404. The highest BCUT2D eigenvalue weighted by Gasteiger charge is 2.30. The molecule has 1 aromatic rings. The van der Waals surface area contributed by atoms with Crippen molar-refractivity contribution in [2.45, 2.75) is 64.5 Å². The van der Waals surface area contributed by atoms with E-state index in [1.807, 2.05) is 0 Å². The maximum Gasteiger partial charge on any atom is 0.0771 e. The Hall–Kier alpha value is -0.860. The van der Waals surface area contributed by atoms with Gasteiger partial charge in [0.2, 0.25) is 0 Å². The van der Waals surface area contributed by atoms with Crippen LogP contribution in [0.5, 0.6) is 0 Å². The molecule has 0 bridgehead atoms. The molecule has 0 aliphatic heterocycles. The van der Waals surface area contributed by atoms with Gasteiger partial charge < -0.3 is 10.4 Å². The van der Waals surface area contributed by atoms with Gasteiger partial charge >= 0.3 is 0 Å². The SMILES string of the molecule is CC(C)Cc1ccc(C(C)NCC2(O)CCCC2)cc1. The van der Waals surface area contributed by atoms with E-state index in [2.05, 4.69) is 50.4 Å². The highest BCUT2D eigenvalue weighted by molar-refractivity contribution is 5.25. The van der Waals surface area contributed by atoms with E-state index < -0.39 is 5.60 Å². The normalized spacial score (nSPS) is 19.4. The van der Waals surface area contributed by atoms with Gasteiger partial charge in [-0.1, -0.05) is 51.0 Å². The van der Waals surface area contributed by atoms with Crippen LogP contribution in [0.3, 0.4) is 0 Å². The molecule has 1 atom stereocenters. The van der Waals surface area contributed by atoms with Crippen LogP contribution < -0.4 is 5.32 Å². The van der Waals surface area contributed by atoms with E-state index in [1.165, 1.54) is 11.1 Å². The van der Waals surface area contributed by atoms with Gasteiger partial charge in [-0.3, -0.25) is 0 Å². The lowest BCUT2D eigenvalue weighted by Gasteiger charge is -2.25. The molecule has 1 aliphatic carbocycles. The summed E-state index contributed by atoms with van der Waals surface area (Å²) in [7, 11) is 0.